The third-order valence-electron chi connectivity index (χ3n) is 0.818. The van der Waals surface area contributed by atoms with Crippen LogP contribution >= 0.6 is 0 Å². The van der Waals surface area contributed by atoms with E-state index in [1.807, 2.05) is 0 Å². The number of aliphatic hydroxyl groups is 4. The van der Waals surface area contributed by atoms with Crippen molar-refractivity contribution < 1.29 is 20.4 Å². The van der Waals surface area contributed by atoms with Crippen LogP contribution in [0.2, 0.25) is 0 Å². The fraction of sp³-hybridized carbons (Fsp3) is 1.00. The van der Waals surface area contributed by atoms with Gasteiger partial charge in [0.25, 0.3) is 0 Å². The van der Waals surface area contributed by atoms with Crippen molar-refractivity contribution in [3.63, 3.8) is 0 Å². The zero-order valence-electron chi connectivity index (χ0n) is 4.36. The van der Waals surface area contributed by atoms with Crippen LogP contribution in [0.3, 0.4) is 0 Å². The molecule has 0 aromatic carbocycles. The minimum atomic E-state index is -1.22. The van der Waals surface area contributed by atoms with Gasteiger partial charge in [-0.05, 0) is 0 Å². The fourth-order valence-corrected chi connectivity index (χ4v) is 0.243. The molecule has 0 fully saturated rings. The van der Waals surface area contributed by atoms with E-state index >= 15 is 0 Å². The summed E-state index contributed by atoms with van der Waals surface area (Å²) in [7, 11) is 0. The van der Waals surface area contributed by atoms with Crippen molar-refractivity contribution in [3.8, 4) is 0 Å². The van der Waals surface area contributed by atoms with Gasteiger partial charge in [-0.3, -0.25) is 0 Å². The molecule has 4 nitrogen and oxygen atoms in total. The van der Waals surface area contributed by atoms with E-state index in [1.54, 1.807) is 0 Å². The van der Waals surface area contributed by atoms with Crippen LogP contribution in [-0.2, 0) is 0 Å². The summed E-state index contributed by atoms with van der Waals surface area (Å²) >= 11 is 0. The van der Waals surface area contributed by atoms with E-state index in [-0.39, 0.29) is 37.7 Å². The number of hydrogen-bond donors (Lipinski definition) is 4. The van der Waals surface area contributed by atoms with Gasteiger partial charge in [-0.1, -0.05) is 0 Å². The summed E-state index contributed by atoms with van der Waals surface area (Å²) < 4.78 is 0. The predicted molar refractivity (Wildman–Crippen MR) is 34.7 cm³/mol. The van der Waals surface area contributed by atoms with E-state index in [2.05, 4.69) is 0 Å². The predicted octanol–water partition coefficient (Wildman–Crippen LogP) is -3.22. The summed E-state index contributed by atoms with van der Waals surface area (Å²) in [6.07, 6.45) is -2.44. The molecular formula is C4H12CaO4. The molecule has 0 aliphatic rings. The van der Waals surface area contributed by atoms with Gasteiger partial charge >= 0.3 is 37.7 Å². The Morgan fingerprint density at radius 2 is 1.11 bits per heavy atom. The molecule has 0 aliphatic heterocycles. The van der Waals surface area contributed by atoms with Gasteiger partial charge in [0.2, 0.25) is 0 Å². The van der Waals surface area contributed by atoms with Crippen molar-refractivity contribution in [1.82, 2.24) is 0 Å². The molecule has 0 saturated carbocycles. The first-order valence-electron chi connectivity index (χ1n) is 2.30. The molecule has 0 heterocycles. The number of hydrogen-bond acceptors (Lipinski definition) is 4. The second-order valence-corrected chi connectivity index (χ2v) is 1.50. The van der Waals surface area contributed by atoms with Gasteiger partial charge in [-0.15, -0.1) is 0 Å². The van der Waals surface area contributed by atoms with Gasteiger partial charge in [0, 0.05) is 0 Å². The van der Waals surface area contributed by atoms with Gasteiger partial charge in [0.15, 0.2) is 0 Å². The molecule has 0 spiro atoms. The van der Waals surface area contributed by atoms with Crippen LogP contribution in [0.4, 0.5) is 0 Å². The van der Waals surface area contributed by atoms with Crippen molar-refractivity contribution in [3.05, 3.63) is 0 Å². The molecule has 0 rings (SSSR count). The van der Waals surface area contributed by atoms with Gasteiger partial charge < -0.3 is 20.4 Å². The number of aliphatic hydroxyl groups excluding tert-OH is 4. The van der Waals surface area contributed by atoms with Crippen molar-refractivity contribution in [2.45, 2.75) is 12.2 Å². The van der Waals surface area contributed by atoms with Crippen LogP contribution in [-0.4, -0.2) is 83.6 Å². The van der Waals surface area contributed by atoms with E-state index in [4.69, 9.17) is 20.4 Å². The average Bonchev–Trinajstić information content (AvgIpc) is 1.84. The van der Waals surface area contributed by atoms with Crippen LogP contribution in [0, 0.1) is 0 Å². The first-order chi connectivity index (χ1) is 3.72. The van der Waals surface area contributed by atoms with Crippen LogP contribution < -0.4 is 0 Å². The standard InChI is InChI=1S/C4H10O4.Ca.2H/c5-1-3(7)4(8)2-6;;;/h3-8H,1-2H2;;;/t3-,4+;;;. The third kappa shape index (κ3) is 5.54. The minimum absolute atomic E-state index is 0. The first-order valence-corrected chi connectivity index (χ1v) is 2.30. The molecule has 0 aromatic heterocycles. The molecule has 0 saturated heterocycles. The second-order valence-electron chi connectivity index (χ2n) is 1.50. The topological polar surface area (TPSA) is 80.9 Å². The Bertz CT molecular complexity index is 52.5. The molecule has 4 N–H and O–H groups in total. The molecular weight excluding hydrogens is 152 g/mol. The Labute approximate surface area is 83.1 Å². The van der Waals surface area contributed by atoms with Crippen LogP contribution in [0.15, 0.2) is 0 Å². The summed E-state index contributed by atoms with van der Waals surface area (Å²) in [6.45, 7) is -1.05. The quantitative estimate of drug-likeness (QED) is 0.331. The molecule has 0 aliphatic carbocycles. The molecule has 0 radical (unpaired) electrons. The van der Waals surface area contributed by atoms with Crippen LogP contribution in [0.1, 0.15) is 0 Å². The number of rotatable bonds is 3. The fourth-order valence-electron chi connectivity index (χ4n) is 0.243. The van der Waals surface area contributed by atoms with Crippen LogP contribution in [0.25, 0.3) is 0 Å². The van der Waals surface area contributed by atoms with Crippen molar-refractivity contribution >= 4 is 37.7 Å². The zero-order chi connectivity index (χ0) is 6.57. The normalized spacial score (nSPS) is 16.0. The molecule has 0 unspecified atom stereocenters. The molecule has 2 atom stereocenters. The Kier molecular flexibility index (Phi) is 10.2. The molecule has 9 heavy (non-hydrogen) atoms. The summed E-state index contributed by atoms with van der Waals surface area (Å²) in [5.74, 6) is 0. The van der Waals surface area contributed by atoms with E-state index in [9.17, 15) is 0 Å². The Balaban J connectivity index is 0. The van der Waals surface area contributed by atoms with E-state index in [0.29, 0.717) is 0 Å². The van der Waals surface area contributed by atoms with Gasteiger partial charge in [0.1, 0.15) is 12.2 Å². The molecule has 5 heteroatoms. The summed E-state index contributed by atoms with van der Waals surface area (Å²) in [5.41, 5.74) is 0. The van der Waals surface area contributed by atoms with Crippen molar-refractivity contribution in [2.75, 3.05) is 13.2 Å². The summed E-state index contributed by atoms with van der Waals surface area (Å²) in [4.78, 5) is 0. The summed E-state index contributed by atoms with van der Waals surface area (Å²) in [5, 5.41) is 33.2. The van der Waals surface area contributed by atoms with E-state index in [0.717, 1.165) is 0 Å². The Hall–Kier alpha value is 1.10. The molecule has 0 aromatic rings. The third-order valence-corrected chi connectivity index (χ3v) is 0.818. The van der Waals surface area contributed by atoms with Gasteiger partial charge in [-0.25, -0.2) is 0 Å². The Morgan fingerprint density at radius 3 is 1.22 bits per heavy atom. The first kappa shape index (κ1) is 12.7. The Morgan fingerprint density at radius 1 is 0.889 bits per heavy atom. The SMILES string of the molecule is OC[C@@H](O)[C@@H](O)CO.[CaH2]. The average molecular weight is 164 g/mol. The van der Waals surface area contributed by atoms with E-state index < -0.39 is 25.4 Å². The van der Waals surface area contributed by atoms with Crippen molar-refractivity contribution in [1.29, 1.82) is 0 Å². The van der Waals surface area contributed by atoms with Gasteiger partial charge in [-0.2, -0.15) is 0 Å². The summed E-state index contributed by atoms with van der Waals surface area (Å²) in [6, 6.07) is 0. The molecule has 54 valence electrons. The second kappa shape index (κ2) is 7.21. The molecule has 0 amide bonds. The maximum absolute atomic E-state index is 8.47. The monoisotopic (exact) mass is 164 g/mol. The van der Waals surface area contributed by atoms with Gasteiger partial charge in [0.05, 0.1) is 13.2 Å². The van der Waals surface area contributed by atoms with E-state index in [1.165, 1.54) is 0 Å². The van der Waals surface area contributed by atoms with Crippen LogP contribution in [0.5, 0.6) is 0 Å². The van der Waals surface area contributed by atoms with Crippen molar-refractivity contribution in [2.24, 2.45) is 0 Å². The molecule has 0 bridgehead atoms. The maximum atomic E-state index is 8.47. The zero-order valence-corrected chi connectivity index (χ0v) is 4.36.